The van der Waals surface area contributed by atoms with Crippen molar-refractivity contribution in [2.24, 2.45) is 5.92 Å². The summed E-state index contributed by atoms with van der Waals surface area (Å²) in [7, 11) is 2.20. The van der Waals surface area contributed by atoms with E-state index in [0.29, 0.717) is 12.0 Å². The molecular weight excluding hydrogens is 272 g/mol. The summed E-state index contributed by atoms with van der Waals surface area (Å²) in [6, 6.07) is 4.66. The van der Waals surface area contributed by atoms with Crippen LogP contribution in [-0.4, -0.2) is 37.7 Å². The van der Waals surface area contributed by atoms with Gasteiger partial charge in [0.2, 0.25) is 0 Å². The highest BCUT2D eigenvalue weighted by molar-refractivity contribution is 6.30. The summed E-state index contributed by atoms with van der Waals surface area (Å²) in [6.07, 6.45) is 2.19. The minimum atomic E-state index is 0.585. The Morgan fingerprint density at radius 1 is 1.45 bits per heavy atom. The Hall–Kier alpha value is -0.770. The van der Waals surface area contributed by atoms with Crippen LogP contribution in [0.15, 0.2) is 12.1 Å². The number of hydrogen-bond acceptors (Lipinski definition) is 3. The molecule has 0 bridgehead atoms. The van der Waals surface area contributed by atoms with E-state index in [-0.39, 0.29) is 0 Å². The van der Waals surface area contributed by atoms with Crippen molar-refractivity contribution in [3.63, 3.8) is 0 Å². The molecular formula is C16H23ClN2O. The number of likely N-dealkylation sites (tertiary alicyclic amines) is 1. The van der Waals surface area contributed by atoms with Crippen LogP contribution in [0.2, 0.25) is 5.02 Å². The van der Waals surface area contributed by atoms with Crippen LogP contribution in [-0.2, 0) is 13.0 Å². The van der Waals surface area contributed by atoms with Gasteiger partial charge in [0, 0.05) is 36.1 Å². The molecule has 3 rings (SSSR count). The van der Waals surface area contributed by atoms with Gasteiger partial charge in [0.15, 0.2) is 0 Å². The standard InChI is InChI=1S/C16H23ClN2O/c1-11-10-19(2)5-3-15(11)18-9-13-8-14(17)7-12-4-6-20-16(12)13/h7-8,11,15,18H,3-6,9-10H2,1-2H3. The Kier molecular flexibility index (Phi) is 4.20. The van der Waals surface area contributed by atoms with E-state index < -0.39 is 0 Å². The monoisotopic (exact) mass is 294 g/mol. The van der Waals surface area contributed by atoms with Crippen molar-refractivity contribution >= 4 is 11.6 Å². The van der Waals surface area contributed by atoms with Crippen LogP contribution < -0.4 is 10.1 Å². The van der Waals surface area contributed by atoms with Gasteiger partial charge in [-0.3, -0.25) is 0 Å². The van der Waals surface area contributed by atoms with Gasteiger partial charge in [-0.1, -0.05) is 18.5 Å². The second kappa shape index (κ2) is 5.92. The highest BCUT2D eigenvalue weighted by atomic mass is 35.5. The lowest BCUT2D eigenvalue weighted by molar-refractivity contribution is 0.174. The maximum atomic E-state index is 6.21. The fourth-order valence-electron chi connectivity index (χ4n) is 3.38. The molecule has 2 atom stereocenters. The molecule has 0 saturated carbocycles. The summed E-state index contributed by atoms with van der Waals surface area (Å²) in [6.45, 7) is 6.30. The molecule has 110 valence electrons. The van der Waals surface area contributed by atoms with Gasteiger partial charge < -0.3 is 15.0 Å². The predicted octanol–water partition coefficient (Wildman–Crippen LogP) is 2.70. The minimum absolute atomic E-state index is 0.585. The molecule has 1 saturated heterocycles. The molecule has 0 radical (unpaired) electrons. The summed E-state index contributed by atoms with van der Waals surface area (Å²) in [5.74, 6) is 1.74. The summed E-state index contributed by atoms with van der Waals surface area (Å²) in [5, 5.41) is 4.52. The summed E-state index contributed by atoms with van der Waals surface area (Å²) in [4.78, 5) is 2.41. The molecule has 1 fully saturated rings. The van der Waals surface area contributed by atoms with Gasteiger partial charge in [0.25, 0.3) is 0 Å². The maximum absolute atomic E-state index is 6.21. The predicted molar refractivity (Wildman–Crippen MR) is 82.6 cm³/mol. The Morgan fingerprint density at radius 2 is 2.30 bits per heavy atom. The zero-order valence-corrected chi connectivity index (χ0v) is 13.0. The maximum Gasteiger partial charge on any atom is 0.127 e. The zero-order chi connectivity index (χ0) is 14.1. The number of fused-ring (bicyclic) bond motifs is 1. The van der Waals surface area contributed by atoms with Crippen molar-refractivity contribution in [1.82, 2.24) is 10.2 Å². The quantitative estimate of drug-likeness (QED) is 0.928. The fourth-order valence-corrected chi connectivity index (χ4v) is 3.64. The van der Waals surface area contributed by atoms with E-state index in [2.05, 4.69) is 24.2 Å². The van der Waals surface area contributed by atoms with Crippen molar-refractivity contribution in [2.75, 3.05) is 26.7 Å². The summed E-state index contributed by atoms with van der Waals surface area (Å²) < 4.78 is 5.76. The minimum Gasteiger partial charge on any atom is -0.493 e. The van der Waals surface area contributed by atoms with Gasteiger partial charge >= 0.3 is 0 Å². The van der Waals surface area contributed by atoms with E-state index in [1.54, 1.807) is 0 Å². The smallest absolute Gasteiger partial charge is 0.127 e. The molecule has 1 aromatic rings. The first-order chi connectivity index (χ1) is 9.63. The SMILES string of the molecule is CC1CN(C)CCC1NCc1cc(Cl)cc2c1OCC2. The van der Waals surface area contributed by atoms with Crippen LogP contribution in [0, 0.1) is 5.92 Å². The number of halogens is 1. The third-order valence-electron chi connectivity index (χ3n) is 4.49. The molecule has 2 heterocycles. The third-order valence-corrected chi connectivity index (χ3v) is 4.71. The lowest BCUT2D eigenvalue weighted by atomic mass is 9.94. The van der Waals surface area contributed by atoms with Crippen molar-refractivity contribution in [2.45, 2.75) is 32.4 Å². The average molecular weight is 295 g/mol. The van der Waals surface area contributed by atoms with Gasteiger partial charge in [-0.05, 0) is 43.6 Å². The highest BCUT2D eigenvalue weighted by Crippen LogP contribution is 2.33. The first kappa shape index (κ1) is 14.2. The second-order valence-corrected chi connectivity index (χ2v) is 6.60. The molecule has 20 heavy (non-hydrogen) atoms. The highest BCUT2D eigenvalue weighted by Gasteiger charge is 2.24. The van der Waals surface area contributed by atoms with Gasteiger partial charge in [-0.15, -0.1) is 0 Å². The second-order valence-electron chi connectivity index (χ2n) is 6.17. The molecule has 1 aromatic carbocycles. The molecule has 3 nitrogen and oxygen atoms in total. The van der Waals surface area contributed by atoms with Gasteiger partial charge in [0.1, 0.15) is 5.75 Å². The number of nitrogens with one attached hydrogen (secondary N) is 1. The van der Waals surface area contributed by atoms with E-state index in [4.69, 9.17) is 16.3 Å². The molecule has 1 N–H and O–H groups in total. The summed E-state index contributed by atoms with van der Waals surface area (Å²) in [5.41, 5.74) is 2.46. The number of nitrogens with zero attached hydrogens (tertiary/aromatic N) is 1. The van der Waals surface area contributed by atoms with Gasteiger partial charge in [0.05, 0.1) is 6.61 Å². The number of benzene rings is 1. The van der Waals surface area contributed by atoms with Crippen LogP contribution in [0.4, 0.5) is 0 Å². The Morgan fingerprint density at radius 3 is 3.10 bits per heavy atom. The van der Waals surface area contributed by atoms with Crippen LogP contribution in [0.25, 0.3) is 0 Å². The van der Waals surface area contributed by atoms with Crippen LogP contribution in [0.1, 0.15) is 24.5 Å². The molecule has 0 amide bonds. The molecule has 2 unspecified atom stereocenters. The number of piperidine rings is 1. The van der Waals surface area contributed by atoms with Crippen LogP contribution in [0.3, 0.4) is 0 Å². The Bertz CT molecular complexity index is 492. The molecule has 0 spiro atoms. The largest absolute Gasteiger partial charge is 0.493 e. The molecule has 2 aliphatic heterocycles. The van der Waals surface area contributed by atoms with Crippen LogP contribution in [0.5, 0.6) is 5.75 Å². The lowest BCUT2D eigenvalue weighted by Crippen LogP contribution is -2.46. The summed E-state index contributed by atoms with van der Waals surface area (Å²) >= 11 is 6.21. The molecule has 4 heteroatoms. The Labute approximate surface area is 126 Å². The van der Waals surface area contributed by atoms with E-state index in [0.717, 1.165) is 30.3 Å². The molecule has 2 aliphatic rings. The van der Waals surface area contributed by atoms with E-state index in [1.807, 2.05) is 12.1 Å². The first-order valence-electron chi connectivity index (χ1n) is 7.49. The van der Waals surface area contributed by atoms with Crippen molar-refractivity contribution in [3.8, 4) is 5.75 Å². The number of ether oxygens (including phenoxy) is 1. The zero-order valence-electron chi connectivity index (χ0n) is 12.3. The Balaban J connectivity index is 1.67. The topological polar surface area (TPSA) is 24.5 Å². The lowest BCUT2D eigenvalue weighted by Gasteiger charge is -2.35. The number of hydrogen-bond donors (Lipinski definition) is 1. The van der Waals surface area contributed by atoms with E-state index >= 15 is 0 Å². The van der Waals surface area contributed by atoms with Crippen molar-refractivity contribution in [3.05, 3.63) is 28.3 Å². The first-order valence-corrected chi connectivity index (χ1v) is 7.87. The average Bonchev–Trinajstić information content (AvgIpc) is 2.85. The third kappa shape index (κ3) is 2.95. The van der Waals surface area contributed by atoms with Crippen LogP contribution >= 0.6 is 11.6 Å². The van der Waals surface area contributed by atoms with E-state index in [9.17, 15) is 0 Å². The fraction of sp³-hybridized carbons (Fsp3) is 0.625. The van der Waals surface area contributed by atoms with Crippen molar-refractivity contribution in [1.29, 1.82) is 0 Å². The normalized spacial score (nSPS) is 26.4. The molecule has 0 aliphatic carbocycles. The molecule has 0 aromatic heterocycles. The van der Waals surface area contributed by atoms with Crippen molar-refractivity contribution < 1.29 is 4.74 Å². The van der Waals surface area contributed by atoms with Gasteiger partial charge in [-0.2, -0.15) is 0 Å². The van der Waals surface area contributed by atoms with Gasteiger partial charge in [-0.25, -0.2) is 0 Å². The van der Waals surface area contributed by atoms with E-state index in [1.165, 1.54) is 30.6 Å². The number of rotatable bonds is 3.